The third kappa shape index (κ3) is 3.23. The Hall–Kier alpha value is -0.120. The summed E-state index contributed by atoms with van der Waals surface area (Å²) in [5, 5.41) is 0. The minimum absolute atomic E-state index is 0.0490. The molecule has 0 aliphatic carbocycles. The van der Waals surface area contributed by atoms with Gasteiger partial charge in [-0.3, -0.25) is 4.90 Å². The zero-order valence-electron chi connectivity index (χ0n) is 9.75. The van der Waals surface area contributed by atoms with Gasteiger partial charge in [-0.2, -0.15) is 0 Å². The Balaban J connectivity index is 2.45. The fourth-order valence-electron chi connectivity index (χ4n) is 2.12. The molecule has 0 amide bonds. The van der Waals surface area contributed by atoms with Gasteiger partial charge in [-0.05, 0) is 46.2 Å². The maximum absolute atomic E-state index is 5.82. The first kappa shape index (κ1) is 12.0. The second-order valence-electron chi connectivity index (χ2n) is 4.80. The molecule has 1 heterocycles. The number of nitrogens with zero attached hydrogens (tertiary/aromatic N) is 1. The molecule has 3 nitrogen and oxygen atoms in total. The molecule has 14 heavy (non-hydrogen) atoms. The second-order valence-corrected chi connectivity index (χ2v) is 4.80. The molecule has 1 fully saturated rings. The Morgan fingerprint density at radius 1 is 1.36 bits per heavy atom. The van der Waals surface area contributed by atoms with Gasteiger partial charge in [-0.25, -0.2) is 0 Å². The van der Waals surface area contributed by atoms with Crippen molar-refractivity contribution in [2.24, 2.45) is 5.73 Å². The van der Waals surface area contributed by atoms with Crippen molar-refractivity contribution in [3.8, 4) is 0 Å². The van der Waals surface area contributed by atoms with Gasteiger partial charge < -0.3 is 10.5 Å². The summed E-state index contributed by atoms with van der Waals surface area (Å²) in [5.74, 6) is 0. The van der Waals surface area contributed by atoms with Gasteiger partial charge in [0.25, 0.3) is 0 Å². The zero-order chi connectivity index (χ0) is 10.6. The van der Waals surface area contributed by atoms with Crippen molar-refractivity contribution in [2.45, 2.75) is 44.8 Å². The molecule has 1 saturated heterocycles. The molecule has 0 aromatic heterocycles. The largest absolute Gasteiger partial charge is 0.379 e. The highest BCUT2D eigenvalue weighted by Crippen LogP contribution is 2.21. The molecule has 84 valence electrons. The lowest BCUT2D eigenvalue weighted by Crippen LogP contribution is -2.43. The lowest BCUT2D eigenvalue weighted by Gasteiger charge is -2.33. The molecule has 0 spiro atoms. The van der Waals surface area contributed by atoms with E-state index in [1.54, 1.807) is 7.11 Å². The quantitative estimate of drug-likeness (QED) is 0.725. The predicted molar refractivity (Wildman–Crippen MR) is 59.4 cm³/mol. The van der Waals surface area contributed by atoms with E-state index < -0.39 is 0 Å². The molecule has 0 bridgehead atoms. The van der Waals surface area contributed by atoms with E-state index in [2.05, 4.69) is 18.7 Å². The summed E-state index contributed by atoms with van der Waals surface area (Å²) in [5.41, 5.74) is 5.77. The van der Waals surface area contributed by atoms with Gasteiger partial charge in [0, 0.05) is 19.7 Å². The maximum Gasteiger partial charge on any atom is 0.0638 e. The number of hydrogen-bond acceptors (Lipinski definition) is 3. The van der Waals surface area contributed by atoms with Crippen molar-refractivity contribution in [3.05, 3.63) is 0 Å². The molecule has 1 unspecified atom stereocenters. The van der Waals surface area contributed by atoms with Crippen molar-refractivity contribution in [2.75, 3.05) is 26.7 Å². The number of ether oxygens (including phenoxy) is 1. The first-order valence-corrected chi connectivity index (χ1v) is 5.58. The van der Waals surface area contributed by atoms with E-state index in [9.17, 15) is 0 Å². The van der Waals surface area contributed by atoms with Crippen molar-refractivity contribution in [1.82, 2.24) is 4.90 Å². The van der Waals surface area contributed by atoms with Crippen LogP contribution in [0.25, 0.3) is 0 Å². The average Bonchev–Trinajstić information content (AvgIpc) is 2.67. The summed E-state index contributed by atoms with van der Waals surface area (Å²) in [7, 11) is 1.78. The lowest BCUT2D eigenvalue weighted by atomic mass is 9.98. The molecule has 1 rings (SSSR count). The molecule has 3 heteroatoms. The van der Waals surface area contributed by atoms with Crippen LogP contribution in [-0.4, -0.2) is 43.3 Å². The Bertz CT molecular complexity index is 165. The Morgan fingerprint density at radius 3 is 2.36 bits per heavy atom. The molecule has 0 aromatic carbocycles. The summed E-state index contributed by atoms with van der Waals surface area (Å²) < 4.78 is 5.45. The Morgan fingerprint density at radius 2 is 1.93 bits per heavy atom. The van der Waals surface area contributed by atoms with E-state index in [4.69, 9.17) is 10.5 Å². The minimum atomic E-state index is -0.0490. The van der Waals surface area contributed by atoms with Crippen LogP contribution < -0.4 is 5.73 Å². The molecular weight excluding hydrogens is 176 g/mol. The number of rotatable bonds is 5. The van der Waals surface area contributed by atoms with Crippen molar-refractivity contribution in [3.63, 3.8) is 0 Å². The fourth-order valence-corrected chi connectivity index (χ4v) is 2.12. The molecular formula is C11H24N2O. The van der Waals surface area contributed by atoms with E-state index in [1.165, 1.54) is 25.9 Å². The number of hydrogen-bond donors (Lipinski definition) is 1. The second kappa shape index (κ2) is 5.10. The van der Waals surface area contributed by atoms with E-state index in [-0.39, 0.29) is 5.60 Å². The summed E-state index contributed by atoms with van der Waals surface area (Å²) >= 11 is 0. The standard InChI is InChI=1S/C11H24N2O/c1-11(2,14-3)8-10(9-12)13-6-4-5-7-13/h10H,4-9,12H2,1-3H3. The van der Waals surface area contributed by atoms with Gasteiger partial charge in [0.05, 0.1) is 5.60 Å². The maximum atomic E-state index is 5.82. The van der Waals surface area contributed by atoms with Crippen LogP contribution >= 0.6 is 0 Å². The summed E-state index contributed by atoms with van der Waals surface area (Å²) in [4.78, 5) is 2.50. The molecule has 0 aromatic rings. The topological polar surface area (TPSA) is 38.5 Å². The zero-order valence-corrected chi connectivity index (χ0v) is 9.75. The monoisotopic (exact) mass is 200 g/mol. The van der Waals surface area contributed by atoms with Gasteiger partial charge in [0.2, 0.25) is 0 Å². The minimum Gasteiger partial charge on any atom is -0.379 e. The molecule has 2 N–H and O–H groups in total. The van der Waals surface area contributed by atoms with Gasteiger partial charge in [-0.1, -0.05) is 0 Å². The van der Waals surface area contributed by atoms with Crippen molar-refractivity contribution < 1.29 is 4.74 Å². The van der Waals surface area contributed by atoms with Crippen molar-refractivity contribution in [1.29, 1.82) is 0 Å². The third-order valence-corrected chi connectivity index (χ3v) is 3.21. The highest BCUT2D eigenvalue weighted by Gasteiger charge is 2.27. The van der Waals surface area contributed by atoms with Crippen molar-refractivity contribution >= 4 is 0 Å². The van der Waals surface area contributed by atoms with Crippen LogP contribution in [0, 0.1) is 0 Å². The smallest absolute Gasteiger partial charge is 0.0638 e. The van der Waals surface area contributed by atoms with Gasteiger partial charge in [0.1, 0.15) is 0 Å². The summed E-state index contributed by atoms with van der Waals surface area (Å²) in [6.07, 6.45) is 3.67. The molecule has 0 saturated carbocycles. The SMILES string of the molecule is COC(C)(C)CC(CN)N1CCCC1. The predicted octanol–water partition coefficient (Wildman–Crippen LogP) is 1.22. The normalized spacial score (nSPS) is 21.4. The van der Waals surface area contributed by atoms with Crippen LogP contribution in [0.4, 0.5) is 0 Å². The van der Waals surface area contributed by atoms with Crippen LogP contribution in [0.1, 0.15) is 33.1 Å². The highest BCUT2D eigenvalue weighted by molar-refractivity contribution is 4.83. The Labute approximate surface area is 87.6 Å². The number of likely N-dealkylation sites (tertiary alicyclic amines) is 1. The van der Waals surface area contributed by atoms with Crippen LogP contribution in [0.3, 0.4) is 0 Å². The van der Waals surface area contributed by atoms with Gasteiger partial charge >= 0.3 is 0 Å². The summed E-state index contributed by atoms with van der Waals surface area (Å²) in [6, 6.07) is 0.493. The average molecular weight is 200 g/mol. The Kier molecular flexibility index (Phi) is 4.35. The first-order valence-electron chi connectivity index (χ1n) is 5.58. The van der Waals surface area contributed by atoms with Gasteiger partial charge in [0.15, 0.2) is 0 Å². The van der Waals surface area contributed by atoms with Crippen LogP contribution in [0.15, 0.2) is 0 Å². The molecule has 1 atom stereocenters. The van der Waals surface area contributed by atoms with E-state index in [0.717, 1.165) is 13.0 Å². The number of methoxy groups -OCH3 is 1. The lowest BCUT2D eigenvalue weighted by molar-refractivity contribution is -0.00475. The highest BCUT2D eigenvalue weighted by atomic mass is 16.5. The molecule has 1 aliphatic heterocycles. The van der Waals surface area contributed by atoms with Crippen LogP contribution in [0.2, 0.25) is 0 Å². The summed E-state index contributed by atoms with van der Waals surface area (Å²) in [6.45, 7) is 7.42. The third-order valence-electron chi connectivity index (χ3n) is 3.21. The van der Waals surface area contributed by atoms with Gasteiger partial charge in [-0.15, -0.1) is 0 Å². The van der Waals surface area contributed by atoms with Crippen LogP contribution in [0.5, 0.6) is 0 Å². The van der Waals surface area contributed by atoms with E-state index in [0.29, 0.717) is 6.04 Å². The first-order chi connectivity index (χ1) is 6.59. The van der Waals surface area contributed by atoms with E-state index in [1.807, 2.05) is 0 Å². The molecule has 1 aliphatic rings. The van der Waals surface area contributed by atoms with Crippen LogP contribution in [-0.2, 0) is 4.74 Å². The molecule has 0 radical (unpaired) electrons. The van der Waals surface area contributed by atoms with E-state index >= 15 is 0 Å². The number of nitrogens with two attached hydrogens (primary N) is 1. The fraction of sp³-hybridized carbons (Fsp3) is 1.00.